The number of benzene rings is 1. The van der Waals surface area contributed by atoms with Crippen molar-refractivity contribution in [3.63, 3.8) is 0 Å². The summed E-state index contributed by atoms with van der Waals surface area (Å²) in [4.78, 5) is 0. The maximum Gasteiger partial charge on any atom is 0.142 e. The van der Waals surface area contributed by atoms with Crippen LogP contribution in [0.3, 0.4) is 0 Å². The molecule has 0 radical (unpaired) electrons. The third-order valence-corrected chi connectivity index (χ3v) is 3.71. The molecule has 0 fully saturated rings. The van der Waals surface area contributed by atoms with E-state index in [1.165, 1.54) is 0 Å². The lowest BCUT2D eigenvalue weighted by Gasteiger charge is -2.09. The summed E-state index contributed by atoms with van der Waals surface area (Å²) in [5.74, 6) is 3.20. The normalized spacial score (nSPS) is 12.4. The largest absolute Gasteiger partial charge is 0.491 e. The fourth-order valence-electron chi connectivity index (χ4n) is 1.29. The maximum absolute atomic E-state index is 8.86. The van der Waals surface area contributed by atoms with Crippen LogP contribution in [-0.2, 0) is 0 Å². The van der Waals surface area contributed by atoms with Gasteiger partial charge in [-0.05, 0) is 36.0 Å². The van der Waals surface area contributed by atoms with Crippen LogP contribution >= 0.6 is 11.8 Å². The minimum absolute atomic E-state index is 0.268. The van der Waals surface area contributed by atoms with Crippen molar-refractivity contribution < 1.29 is 9.84 Å². The molecule has 96 valence electrons. The first-order valence-corrected chi connectivity index (χ1v) is 7.05. The SMILES string of the molecule is CC(CO)CSCCCOc1ccccc1N. The molecule has 4 heteroatoms. The van der Waals surface area contributed by atoms with Crippen molar-refractivity contribution in [2.75, 3.05) is 30.5 Å². The van der Waals surface area contributed by atoms with Crippen molar-refractivity contribution in [2.45, 2.75) is 13.3 Å². The Morgan fingerprint density at radius 3 is 2.88 bits per heavy atom. The van der Waals surface area contributed by atoms with E-state index in [2.05, 4.69) is 0 Å². The molecule has 3 N–H and O–H groups in total. The third-order valence-electron chi connectivity index (χ3n) is 2.32. The fraction of sp³-hybridized carbons (Fsp3) is 0.538. The highest BCUT2D eigenvalue weighted by Gasteiger charge is 2.00. The average Bonchev–Trinajstić information content (AvgIpc) is 2.35. The van der Waals surface area contributed by atoms with Crippen molar-refractivity contribution in [1.82, 2.24) is 0 Å². The van der Waals surface area contributed by atoms with E-state index in [9.17, 15) is 0 Å². The van der Waals surface area contributed by atoms with Crippen LogP contribution in [0, 0.1) is 5.92 Å². The fourth-order valence-corrected chi connectivity index (χ4v) is 2.29. The van der Waals surface area contributed by atoms with Crippen LogP contribution in [0.4, 0.5) is 5.69 Å². The van der Waals surface area contributed by atoms with Gasteiger partial charge in [0.1, 0.15) is 5.75 Å². The molecule has 3 nitrogen and oxygen atoms in total. The van der Waals surface area contributed by atoms with Gasteiger partial charge in [-0.1, -0.05) is 19.1 Å². The van der Waals surface area contributed by atoms with Crippen LogP contribution in [0.5, 0.6) is 5.75 Å². The van der Waals surface area contributed by atoms with E-state index in [4.69, 9.17) is 15.6 Å². The minimum Gasteiger partial charge on any atom is -0.491 e. The molecular formula is C13H21NO2S. The third kappa shape index (κ3) is 5.84. The van der Waals surface area contributed by atoms with Gasteiger partial charge in [-0.3, -0.25) is 0 Å². The molecule has 0 saturated carbocycles. The quantitative estimate of drug-likeness (QED) is 0.553. The number of rotatable bonds is 8. The molecule has 0 aliphatic rings. The Kier molecular flexibility index (Phi) is 6.89. The molecular weight excluding hydrogens is 234 g/mol. The number of thioether (sulfide) groups is 1. The lowest BCUT2D eigenvalue weighted by molar-refractivity contribution is 0.250. The number of anilines is 1. The van der Waals surface area contributed by atoms with Crippen LogP contribution < -0.4 is 10.5 Å². The van der Waals surface area contributed by atoms with E-state index < -0.39 is 0 Å². The Labute approximate surface area is 107 Å². The zero-order valence-electron chi connectivity index (χ0n) is 10.3. The van der Waals surface area contributed by atoms with Gasteiger partial charge in [0.15, 0.2) is 0 Å². The molecule has 0 spiro atoms. The summed E-state index contributed by atoms with van der Waals surface area (Å²) in [5.41, 5.74) is 6.45. The Morgan fingerprint density at radius 1 is 1.41 bits per heavy atom. The zero-order valence-corrected chi connectivity index (χ0v) is 11.1. The predicted octanol–water partition coefficient (Wildman–Crippen LogP) is 2.40. The van der Waals surface area contributed by atoms with E-state index in [-0.39, 0.29) is 6.61 Å². The highest BCUT2D eigenvalue weighted by atomic mass is 32.2. The van der Waals surface area contributed by atoms with Crippen molar-refractivity contribution in [2.24, 2.45) is 5.92 Å². The summed E-state index contributed by atoms with van der Waals surface area (Å²) in [6.45, 7) is 3.01. The van der Waals surface area contributed by atoms with Crippen molar-refractivity contribution in [3.05, 3.63) is 24.3 Å². The lowest BCUT2D eigenvalue weighted by Crippen LogP contribution is -2.05. The Hall–Kier alpha value is -0.870. The van der Waals surface area contributed by atoms with Crippen molar-refractivity contribution in [1.29, 1.82) is 0 Å². The van der Waals surface area contributed by atoms with Gasteiger partial charge in [0, 0.05) is 6.61 Å². The van der Waals surface area contributed by atoms with Crippen LogP contribution in [0.15, 0.2) is 24.3 Å². The standard InChI is InChI=1S/C13H21NO2S/c1-11(9-15)10-17-8-4-7-16-13-6-3-2-5-12(13)14/h2-3,5-6,11,15H,4,7-10,14H2,1H3. The van der Waals surface area contributed by atoms with Gasteiger partial charge in [-0.15, -0.1) is 0 Å². The molecule has 1 atom stereocenters. The highest BCUT2D eigenvalue weighted by Crippen LogP contribution is 2.20. The number of aliphatic hydroxyl groups is 1. The van der Waals surface area contributed by atoms with Crippen molar-refractivity contribution in [3.8, 4) is 5.75 Å². The van der Waals surface area contributed by atoms with Crippen LogP contribution in [-0.4, -0.2) is 29.8 Å². The monoisotopic (exact) mass is 255 g/mol. The van der Waals surface area contributed by atoms with Crippen molar-refractivity contribution >= 4 is 17.4 Å². The lowest BCUT2D eigenvalue weighted by atomic mass is 10.2. The number of para-hydroxylation sites is 2. The zero-order chi connectivity index (χ0) is 12.5. The summed E-state index contributed by atoms with van der Waals surface area (Å²) < 4.78 is 5.58. The van der Waals surface area contributed by atoms with Crippen LogP contribution in [0.25, 0.3) is 0 Å². The Bertz CT molecular complexity index is 320. The summed E-state index contributed by atoms with van der Waals surface area (Å²) in [6.07, 6.45) is 0.997. The molecule has 0 aliphatic carbocycles. The first kappa shape index (κ1) is 14.2. The molecule has 0 aliphatic heterocycles. The van der Waals surface area contributed by atoms with E-state index in [0.29, 0.717) is 18.2 Å². The highest BCUT2D eigenvalue weighted by molar-refractivity contribution is 7.99. The summed E-state index contributed by atoms with van der Waals surface area (Å²) in [6, 6.07) is 7.54. The molecule has 1 aromatic carbocycles. The van der Waals surface area contributed by atoms with Gasteiger partial charge in [0.05, 0.1) is 12.3 Å². The van der Waals surface area contributed by atoms with E-state index in [1.54, 1.807) is 0 Å². The molecule has 0 amide bonds. The van der Waals surface area contributed by atoms with Gasteiger partial charge in [-0.25, -0.2) is 0 Å². The average molecular weight is 255 g/mol. The predicted molar refractivity (Wildman–Crippen MR) is 74.5 cm³/mol. The number of nitrogen functional groups attached to an aromatic ring is 1. The van der Waals surface area contributed by atoms with Crippen LogP contribution in [0.1, 0.15) is 13.3 Å². The Morgan fingerprint density at radius 2 is 2.18 bits per heavy atom. The topological polar surface area (TPSA) is 55.5 Å². The number of hydrogen-bond donors (Lipinski definition) is 2. The first-order valence-electron chi connectivity index (χ1n) is 5.90. The van der Waals surface area contributed by atoms with Gasteiger partial charge in [0.25, 0.3) is 0 Å². The second-order valence-corrected chi connectivity index (χ2v) is 5.25. The molecule has 17 heavy (non-hydrogen) atoms. The summed E-state index contributed by atoms with van der Waals surface area (Å²) in [5, 5.41) is 8.86. The van der Waals surface area contributed by atoms with Gasteiger partial charge in [-0.2, -0.15) is 11.8 Å². The first-order chi connectivity index (χ1) is 8.24. The van der Waals surface area contributed by atoms with E-state index >= 15 is 0 Å². The van der Waals surface area contributed by atoms with Crippen LogP contribution in [0.2, 0.25) is 0 Å². The Balaban J connectivity index is 2.07. The molecule has 1 rings (SSSR count). The molecule has 0 saturated heterocycles. The van der Waals surface area contributed by atoms with Gasteiger partial charge < -0.3 is 15.6 Å². The van der Waals surface area contributed by atoms with Gasteiger partial charge >= 0.3 is 0 Å². The van der Waals surface area contributed by atoms with Gasteiger partial charge in [0.2, 0.25) is 0 Å². The molecule has 1 unspecified atom stereocenters. The smallest absolute Gasteiger partial charge is 0.142 e. The summed E-state index contributed by atoms with van der Waals surface area (Å²) >= 11 is 1.85. The molecule has 0 bridgehead atoms. The number of nitrogens with two attached hydrogens (primary N) is 1. The number of hydrogen-bond acceptors (Lipinski definition) is 4. The van der Waals surface area contributed by atoms with E-state index in [1.807, 2.05) is 43.0 Å². The second kappa shape index (κ2) is 8.25. The minimum atomic E-state index is 0.268. The summed E-state index contributed by atoms with van der Waals surface area (Å²) in [7, 11) is 0. The number of aliphatic hydroxyl groups excluding tert-OH is 1. The molecule has 1 aromatic rings. The maximum atomic E-state index is 8.86. The molecule has 0 aromatic heterocycles. The molecule has 0 heterocycles. The van der Waals surface area contributed by atoms with E-state index in [0.717, 1.165) is 23.7 Å². The number of ether oxygens (including phenoxy) is 1. The second-order valence-electron chi connectivity index (χ2n) is 4.10.